The van der Waals surface area contributed by atoms with Gasteiger partial charge in [-0.25, -0.2) is 0 Å². The number of anilines is 1. The van der Waals surface area contributed by atoms with Gasteiger partial charge in [0.1, 0.15) is 11.8 Å². The third-order valence-corrected chi connectivity index (χ3v) is 4.00. The second-order valence-corrected chi connectivity index (χ2v) is 5.61. The second kappa shape index (κ2) is 7.17. The van der Waals surface area contributed by atoms with E-state index < -0.39 is 6.04 Å². The van der Waals surface area contributed by atoms with E-state index in [1.807, 2.05) is 49.4 Å². The zero-order valence-corrected chi connectivity index (χ0v) is 13.6. The van der Waals surface area contributed by atoms with Gasteiger partial charge in [0.15, 0.2) is 6.61 Å². The fourth-order valence-corrected chi connectivity index (χ4v) is 2.93. The molecule has 2 amide bonds. The minimum absolute atomic E-state index is 0.103. The summed E-state index contributed by atoms with van der Waals surface area (Å²) in [5, 5.41) is 2.81. The van der Waals surface area contributed by atoms with Crippen LogP contribution in [0.3, 0.4) is 0 Å². The SMILES string of the molecule is CCNC(=O)C1Cc2ccccc2N1C(=O)COc1ccccc1. The van der Waals surface area contributed by atoms with Gasteiger partial charge in [-0.3, -0.25) is 14.5 Å². The molecule has 2 aromatic rings. The number of carbonyl (C=O) groups is 2. The topological polar surface area (TPSA) is 58.6 Å². The number of nitrogens with zero attached hydrogens (tertiary/aromatic N) is 1. The maximum atomic E-state index is 12.7. The molecule has 124 valence electrons. The van der Waals surface area contributed by atoms with E-state index in [1.165, 1.54) is 0 Å². The first-order valence-electron chi connectivity index (χ1n) is 8.06. The van der Waals surface area contributed by atoms with Gasteiger partial charge in [-0.15, -0.1) is 0 Å². The quantitative estimate of drug-likeness (QED) is 0.917. The Labute approximate surface area is 141 Å². The van der Waals surface area contributed by atoms with Crippen molar-refractivity contribution in [2.75, 3.05) is 18.1 Å². The molecule has 0 saturated heterocycles. The lowest BCUT2D eigenvalue weighted by Crippen LogP contribution is -2.49. The van der Waals surface area contributed by atoms with Crippen LogP contribution in [0.15, 0.2) is 54.6 Å². The van der Waals surface area contributed by atoms with Crippen molar-refractivity contribution in [3.8, 4) is 5.75 Å². The molecule has 0 aromatic heterocycles. The molecule has 1 aliphatic rings. The molecule has 1 aliphatic heterocycles. The summed E-state index contributed by atoms with van der Waals surface area (Å²) < 4.78 is 5.56. The van der Waals surface area contributed by atoms with E-state index in [9.17, 15) is 9.59 Å². The van der Waals surface area contributed by atoms with Gasteiger partial charge in [-0.1, -0.05) is 36.4 Å². The zero-order chi connectivity index (χ0) is 16.9. The minimum Gasteiger partial charge on any atom is -0.484 e. The lowest BCUT2D eigenvalue weighted by molar-refractivity contribution is -0.126. The number of likely N-dealkylation sites (N-methyl/N-ethyl adjacent to an activating group) is 1. The van der Waals surface area contributed by atoms with Gasteiger partial charge in [0.2, 0.25) is 5.91 Å². The highest BCUT2D eigenvalue weighted by Gasteiger charge is 2.37. The Hall–Kier alpha value is -2.82. The van der Waals surface area contributed by atoms with E-state index in [0.717, 1.165) is 11.3 Å². The predicted molar refractivity (Wildman–Crippen MR) is 92.0 cm³/mol. The largest absolute Gasteiger partial charge is 0.484 e. The number of rotatable bonds is 5. The average molecular weight is 324 g/mol. The normalized spacial score (nSPS) is 15.7. The molecular weight excluding hydrogens is 304 g/mol. The third kappa shape index (κ3) is 3.25. The van der Waals surface area contributed by atoms with Crippen LogP contribution in [-0.2, 0) is 16.0 Å². The number of fused-ring (bicyclic) bond motifs is 1. The standard InChI is InChI=1S/C19H20N2O3/c1-2-20-19(23)17-12-14-8-6-7-11-16(14)21(17)18(22)13-24-15-9-4-3-5-10-15/h3-11,17H,2,12-13H2,1H3,(H,20,23). The van der Waals surface area contributed by atoms with Crippen molar-refractivity contribution >= 4 is 17.5 Å². The summed E-state index contributed by atoms with van der Waals surface area (Å²) in [7, 11) is 0. The minimum atomic E-state index is -0.519. The molecule has 5 nitrogen and oxygen atoms in total. The van der Waals surface area contributed by atoms with Crippen LogP contribution in [0.4, 0.5) is 5.69 Å². The van der Waals surface area contributed by atoms with Crippen LogP contribution >= 0.6 is 0 Å². The van der Waals surface area contributed by atoms with E-state index in [2.05, 4.69) is 5.32 Å². The molecule has 5 heteroatoms. The molecular formula is C19H20N2O3. The van der Waals surface area contributed by atoms with Gasteiger partial charge in [0.05, 0.1) is 0 Å². The Morgan fingerprint density at radius 3 is 2.58 bits per heavy atom. The molecule has 1 heterocycles. The third-order valence-electron chi connectivity index (χ3n) is 4.00. The first-order chi connectivity index (χ1) is 11.7. The van der Waals surface area contributed by atoms with Gasteiger partial charge in [-0.2, -0.15) is 0 Å². The fraction of sp³-hybridized carbons (Fsp3) is 0.263. The summed E-state index contributed by atoms with van der Waals surface area (Å²) in [5.74, 6) is 0.273. The first kappa shape index (κ1) is 16.1. The Kier molecular flexibility index (Phi) is 4.79. The highest BCUT2D eigenvalue weighted by Crippen LogP contribution is 2.32. The van der Waals surface area contributed by atoms with Gasteiger partial charge in [-0.05, 0) is 30.7 Å². The van der Waals surface area contributed by atoms with Crippen molar-refractivity contribution in [3.05, 3.63) is 60.2 Å². The maximum absolute atomic E-state index is 12.7. The van der Waals surface area contributed by atoms with E-state index >= 15 is 0 Å². The Morgan fingerprint density at radius 1 is 1.12 bits per heavy atom. The first-order valence-corrected chi connectivity index (χ1v) is 8.06. The van der Waals surface area contributed by atoms with Crippen molar-refractivity contribution in [2.45, 2.75) is 19.4 Å². The number of para-hydroxylation sites is 2. The van der Waals surface area contributed by atoms with Gasteiger partial charge >= 0.3 is 0 Å². The molecule has 24 heavy (non-hydrogen) atoms. The zero-order valence-electron chi connectivity index (χ0n) is 13.6. The number of amides is 2. The molecule has 1 unspecified atom stereocenters. The highest BCUT2D eigenvalue weighted by molar-refractivity contribution is 6.04. The summed E-state index contributed by atoms with van der Waals surface area (Å²) in [6, 6.07) is 16.3. The molecule has 1 atom stereocenters. The molecule has 1 N–H and O–H groups in total. The van der Waals surface area contributed by atoms with E-state index in [0.29, 0.717) is 18.7 Å². The van der Waals surface area contributed by atoms with Crippen molar-refractivity contribution in [3.63, 3.8) is 0 Å². The highest BCUT2D eigenvalue weighted by atomic mass is 16.5. The van der Waals surface area contributed by atoms with Crippen molar-refractivity contribution in [1.82, 2.24) is 5.32 Å². The van der Waals surface area contributed by atoms with Crippen LogP contribution < -0.4 is 15.0 Å². The van der Waals surface area contributed by atoms with E-state index in [4.69, 9.17) is 4.74 Å². The maximum Gasteiger partial charge on any atom is 0.265 e. The van der Waals surface area contributed by atoms with Gasteiger partial charge in [0.25, 0.3) is 5.91 Å². The number of ether oxygens (including phenoxy) is 1. The summed E-state index contributed by atoms with van der Waals surface area (Å²) in [4.78, 5) is 26.6. The molecule has 3 rings (SSSR count). The Bertz CT molecular complexity index is 730. The van der Waals surface area contributed by atoms with Crippen molar-refractivity contribution in [2.24, 2.45) is 0 Å². The Morgan fingerprint density at radius 2 is 1.83 bits per heavy atom. The molecule has 0 saturated carbocycles. The van der Waals surface area contributed by atoms with Crippen LogP contribution in [0.5, 0.6) is 5.75 Å². The smallest absolute Gasteiger partial charge is 0.265 e. The van der Waals surface area contributed by atoms with Crippen LogP contribution in [0.25, 0.3) is 0 Å². The van der Waals surface area contributed by atoms with Crippen LogP contribution in [0, 0.1) is 0 Å². The van der Waals surface area contributed by atoms with Gasteiger partial charge in [0, 0.05) is 18.7 Å². The molecule has 0 bridgehead atoms. The van der Waals surface area contributed by atoms with Gasteiger partial charge < -0.3 is 10.1 Å². The molecule has 2 aromatic carbocycles. The molecule has 0 fully saturated rings. The Balaban J connectivity index is 1.78. The summed E-state index contributed by atoms with van der Waals surface area (Å²) in [5.41, 5.74) is 1.79. The number of benzene rings is 2. The van der Waals surface area contributed by atoms with E-state index in [-0.39, 0.29) is 18.4 Å². The molecule has 0 spiro atoms. The van der Waals surface area contributed by atoms with E-state index in [1.54, 1.807) is 17.0 Å². The van der Waals surface area contributed by atoms with Crippen LogP contribution in [0.1, 0.15) is 12.5 Å². The number of hydrogen-bond acceptors (Lipinski definition) is 3. The van der Waals surface area contributed by atoms with Crippen molar-refractivity contribution < 1.29 is 14.3 Å². The van der Waals surface area contributed by atoms with Crippen LogP contribution in [-0.4, -0.2) is 31.0 Å². The summed E-state index contributed by atoms with van der Waals surface area (Å²) >= 11 is 0. The van der Waals surface area contributed by atoms with Crippen LogP contribution in [0.2, 0.25) is 0 Å². The fourth-order valence-electron chi connectivity index (χ4n) is 2.93. The summed E-state index contributed by atoms with van der Waals surface area (Å²) in [6.45, 7) is 2.30. The second-order valence-electron chi connectivity index (χ2n) is 5.61. The van der Waals surface area contributed by atoms with Crippen molar-refractivity contribution in [1.29, 1.82) is 0 Å². The predicted octanol–water partition coefficient (Wildman–Crippen LogP) is 2.16. The summed E-state index contributed by atoms with van der Waals surface area (Å²) in [6.07, 6.45) is 0.527. The monoisotopic (exact) mass is 324 g/mol. The lowest BCUT2D eigenvalue weighted by atomic mass is 10.1. The molecule has 0 radical (unpaired) electrons. The number of hydrogen-bond donors (Lipinski definition) is 1. The number of nitrogens with one attached hydrogen (secondary N) is 1. The lowest BCUT2D eigenvalue weighted by Gasteiger charge is -2.24. The average Bonchev–Trinajstić information content (AvgIpc) is 3.00. The number of carbonyl (C=O) groups excluding carboxylic acids is 2. The molecule has 0 aliphatic carbocycles.